The van der Waals surface area contributed by atoms with Gasteiger partial charge in [-0.2, -0.15) is 28.2 Å². The summed E-state index contributed by atoms with van der Waals surface area (Å²) in [6.07, 6.45) is -3.66. The molecule has 3 atom stereocenters. The molecule has 0 aliphatic carbocycles. The highest BCUT2D eigenvalue weighted by atomic mass is 19.4. The fourth-order valence-corrected chi connectivity index (χ4v) is 10.2. The quantitative estimate of drug-likeness (QED) is 0.0825. The number of anilines is 1. The molecule has 15 heteroatoms. The van der Waals surface area contributed by atoms with Gasteiger partial charge in [-0.25, -0.2) is 9.18 Å². The molecule has 0 radical (unpaired) electrons. The van der Waals surface area contributed by atoms with Gasteiger partial charge in [-0.05, 0) is 74.9 Å². The second-order valence-corrected chi connectivity index (χ2v) is 19.5. The fourth-order valence-electron chi connectivity index (χ4n) is 10.2. The van der Waals surface area contributed by atoms with Gasteiger partial charge in [0.2, 0.25) is 0 Å². The maximum absolute atomic E-state index is 16.9. The Morgan fingerprint density at radius 3 is 1.90 bits per heavy atom. The van der Waals surface area contributed by atoms with Gasteiger partial charge in [-0.3, -0.25) is 4.68 Å². The predicted molar refractivity (Wildman–Crippen MR) is 268 cm³/mol. The number of nitrogens with zero attached hydrogens (tertiary/aromatic N) is 6. The van der Waals surface area contributed by atoms with Crippen LogP contribution in [0.15, 0.2) is 140 Å². The molecule has 2 aliphatic rings. The standard InChI is InChI=1S/C57H54F4N6O5/c1-35(69-6)33-71-53-62-50-43(52(63-53)65-30-42-27-41(65)31-66(42)54(68)72-55(3,4)5)28-45(57(59,60)61)49(51(50)70-34-37-19-11-7-12-20-37)48-36(2)46(58)29-47-44(48)32-67(64-47)56(38-21-13-8-14-22-38,39-23-15-9-16-24-39)40-25-17-10-18-26-40/h7-26,28-29,32,35,41-42H,27,30-31,33-34H2,1-6H3/t35-,41-,42-/m0/s1. The molecular formula is C57H54F4N6O5. The van der Waals surface area contributed by atoms with Gasteiger partial charge >= 0.3 is 18.3 Å². The lowest BCUT2D eigenvalue weighted by Gasteiger charge is -2.36. The number of aromatic nitrogens is 4. The summed E-state index contributed by atoms with van der Waals surface area (Å²) in [7, 11) is 1.53. The lowest BCUT2D eigenvalue weighted by atomic mass is 9.77. The van der Waals surface area contributed by atoms with E-state index in [2.05, 4.69) is 0 Å². The van der Waals surface area contributed by atoms with E-state index in [1.807, 2.05) is 114 Å². The van der Waals surface area contributed by atoms with E-state index in [4.69, 9.17) is 34.0 Å². The Bertz CT molecular complexity index is 3160. The first-order valence-electron chi connectivity index (χ1n) is 24.0. The number of carbonyl (C=O) groups is 1. The molecule has 0 spiro atoms. The minimum atomic E-state index is -5.03. The molecule has 6 aromatic carbocycles. The number of halogens is 4. The topological polar surface area (TPSA) is 104 Å². The van der Waals surface area contributed by atoms with Crippen LogP contribution in [0, 0.1) is 12.7 Å². The van der Waals surface area contributed by atoms with Gasteiger partial charge in [-0.1, -0.05) is 121 Å². The summed E-state index contributed by atoms with van der Waals surface area (Å²) >= 11 is 0. The second-order valence-electron chi connectivity index (χ2n) is 19.5. The van der Waals surface area contributed by atoms with Crippen molar-refractivity contribution in [3.05, 3.63) is 179 Å². The highest BCUT2D eigenvalue weighted by Crippen LogP contribution is 2.52. The van der Waals surface area contributed by atoms with E-state index in [-0.39, 0.29) is 88.9 Å². The van der Waals surface area contributed by atoms with Gasteiger partial charge in [0.1, 0.15) is 41.5 Å². The van der Waals surface area contributed by atoms with Gasteiger partial charge in [0.25, 0.3) is 0 Å². The van der Waals surface area contributed by atoms with Crippen molar-refractivity contribution < 1.29 is 41.3 Å². The smallest absolute Gasteiger partial charge is 0.417 e. The van der Waals surface area contributed by atoms with Crippen molar-refractivity contribution in [3.8, 4) is 22.9 Å². The number of fused-ring (bicyclic) bond motifs is 4. The molecule has 0 unspecified atom stereocenters. The zero-order chi connectivity index (χ0) is 50.5. The number of carbonyl (C=O) groups excluding carboxylic acids is 1. The van der Waals surface area contributed by atoms with E-state index >= 15 is 17.6 Å². The highest BCUT2D eigenvalue weighted by molar-refractivity contribution is 6.06. The Morgan fingerprint density at radius 1 is 0.764 bits per heavy atom. The van der Waals surface area contributed by atoms with Crippen LogP contribution in [0.5, 0.6) is 11.8 Å². The van der Waals surface area contributed by atoms with Crippen molar-refractivity contribution in [2.24, 2.45) is 0 Å². The molecule has 11 nitrogen and oxygen atoms in total. The van der Waals surface area contributed by atoms with Crippen LogP contribution in [0.4, 0.5) is 28.2 Å². The normalized spacial score (nSPS) is 16.4. The maximum Gasteiger partial charge on any atom is 0.417 e. The van der Waals surface area contributed by atoms with Crippen LogP contribution in [0.2, 0.25) is 0 Å². The number of amides is 1. The first-order chi connectivity index (χ1) is 34.5. The Morgan fingerprint density at radius 2 is 1.36 bits per heavy atom. The molecule has 1 amide bonds. The number of likely N-dealkylation sites (tertiary alicyclic amines) is 1. The zero-order valence-electron chi connectivity index (χ0n) is 40.8. The van der Waals surface area contributed by atoms with Crippen LogP contribution in [-0.2, 0) is 27.8 Å². The first kappa shape index (κ1) is 48.1. The van der Waals surface area contributed by atoms with Crippen LogP contribution < -0.4 is 14.4 Å². The van der Waals surface area contributed by atoms with Gasteiger partial charge in [0, 0.05) is 54.4 Å². The van der Waals surface area contributed by atoms with Crippen molar-refractivity contribution >= 4 is 33.7 Å². The van der Waals surface area contributed by atoms with Crippen LogP contribution in [0.1, 0.15) is 67.5 Å². The SMILES string of the molecule is CO[C@@H](C)COc1nc(N2C[C@@H]3C[C@H]2CN3C(=O)OC(C)(C)C)c2cc(C(F)(F)F)c(-c3c(C)c(F)cc4nn(C(c5ccccc5)(c5ccccc5)c5ccccc5)cc34)c(OCc3ccccc3)c2n1. The minimum absolute atomic E-state index is 0.0159. The van der Waals surface area contributed by atoms with Crippen molar-refractivity contribution in [1.82, 2.24) is 24.6 Å². The Kier molecular flexibility index (Phi) is 12.6. The van der Waals surface area contributed by atoms with Crippen molar-refractivity contribution in [2.45, 2.75) is 83.2 Å². The van der Waals surface area contributed by atoms with E-state index in [0.717, 1.165) is 22.8 Å². The van der Waals surface area contributed by atoms with Crippen LogP contribution in [0.3, 0.4) is 0 Å². The molecule has 10 rings (SSSR count). The third kappa shape index (κ3) is 8.84. The van der Waals surface area contributed by atoms with Gasteiger partial charge in [0.15, 0.2) is 5.75 Å². The monoisotopic (exact) mass is 978 g/mol. The number of hydrogen-bond donors (Lipinski definition) is 0. The average Bonchev–Trinajstić information content (AvgIpc) is 4.11. The minimum Gasteiger partial charge on any atom is -0.486 e. The average molecular weight is 979 g/mol. The van der Waals surface area contributed by atoms with Crippen LogP contribution in [0.25, 0.3) is 32.9 Å². The Hall–Kier alpha value is -7.52. The molecule has 2 bridgehead atoms. The van der Waals surface area contributed by atoms with Gasteiger partial charge < -0.3 is 28.7 Å². The lowest BCUT2D eigenvalue weighted by molar-refractivity contribution is -0.137. The molecule has 0 saturated carbocycles. The zero-order valence-corrected chi connectivity index (χ0v) is 40.8. The predicted octanol–water partition coefficient (Wildman–Crippen LogP) is 12.1. The summed E-state index contributed by atoms with van der Waals surface area (Å²) in [5.74, 6) is -0.844. The van der Waals surface area contributed by atoms with Crippen LogP contribution in [-0.4, -0.2) is 81.3 Å². The number of hydrogen-bond acceptors (Lipinski definition) is 9. The summed E-state index contributed by atoms with van der Waals surface area (Å²) in [5, 5.41) is 5.40. The number of rotatable bonds is 13. The molecule has 8 aromatic rings. The van der Waals surface area contributed by atoms with Gasteiger partial charge in [-0.15, -0.1) is 0 Å². The number of benzene rings is 6. The van der Waals surface area contributed by atoms with E-state index in [0.29, 0.717) is 12.0 Å². The maximum atomic E-state index is 16.9. The largest absolute Gasteiger partial charge is 0.486 e. The van der Waals surface area contributed by atoms with Crippen molar-refractivity contribution in [2.75, 3.05) is 31.7 Å². The van der Waals surface area contributed by atoms with Crippen molar-refractivity contribution in [3.63, 3.8) is 0 Å². The first-order valence-corrected chi connectivity index (χ1v) is 24.0. The third-order valence-corrected chi connectivity index (χ3v) is 13.6. The fraction of sp³-hybridized carbons (Fsp3) is 0.298. The molecule has 72 heavy (non-hydrogen) atoms. The molecule has 2 aliphatic heterocycles. The number of alkyl halides is 3. The van der Waals surface area contributed by atoms with E-state index < -0.39 is 46.5 Å². The summed E-state index contributed by atoms with van der Waals surface area (Å²) in [6, 6.07) is 39.7. The number of piperazine rings is 1. The number of methoxy groups -OCH3 is 1. The molecule has 2 saturated heterocycles. The van der Waals surface area contributed by atoms with E-state index in [1.165, 1.54) is 20.1 Å². The Balaban J connectivity index is 1.26. The Labute approximate surface area is 414 Å². The molecule has 4 heterocycles. The lowest BCUT2D eigenvalue weighted by Crippen LogP contribution is -2.50. The summed E-state index contributed by atoms with van der Waals surface area (Å²) in [4.78, 5) is 26.6. The molecule has 2 aromatic heterocycles. The van der Waals surface area contributed by atoms with E-state index in [9.17, 15) is 4.79 Å². The molecule has 2 fully saturated rings. The van der Waals surface area contributed by atoms with E-state index in [1.54, 1.807) is 55.6 Å². The summed E-state index contributed by atoms with van der Waals surface area (Å²) in [5.41, 5.74) is -0.312. The second kappa shape index (κ2) is 18.9. The van der Waals surface area contributed by atoms with Crippen molar-refractivity contribution in [1.29, 1.82) is 0 Å². The molecule has 0 N–H and O–H groups in total. The highest BCUT2D eigenvalue weighted by Gasteiger charge is 2.49. The van der Waals surface area contributed by atoms with Gasteiger partial charge in [0.05, 0.1) is 29.3 Å². The summed E-state index contributed by atoms with van der Waals surface area (Å²) in [6.45, 7) is 9.01. The summed E-state index contributed by atoms with van der Waals surface area (Å²) < 4.78 is 92.1. The number of ether oxygens (including phenoxy) is 4. The third-order valence-electron chi connectivity index (χ3n) is 13.6. The van der Waals surface area contributed by atoms with Crippen LogP contribution >= 0.6 is 0 Å². The molecule has 370 valence electrons. The molecular weight excluding hydrogens is 925 g/mol.